The quantitative estimate of drug-likeness (QED) is 0.159. The van der Waals surface area contributed by atoms with E-state index in [9.17, 15) is 0 Å². The summed E-state index contributed by atoms with van der Waals surface area (Å²) in [6, 6.07) is 56.7. The van der Waals surface area contributed by atoms with Crippen LogP contribution in [0.1, 0.15) is 197 Å². The van der Waals surface area contributed by atoms with Crippen LogP contribution in [0.2, 0.25) is 0 Å². The molecule has 0 amide bonds. The summed E-state index contributed by atoms with van der Waals surface area (Å²) in [6.45, 7) is 41.3. The third-order valence-corrected chi connectivity index (χ3v) is 22.1. The van der Waals surface area contributed by atoms with E-state index in [4.69, 9.17) is 0 Å². The Morgan fingerprint density at radius 1 is 0.390 bits per heavy atom. The molecule has 0 N–H and O–H groups in total. The number of anilines is 8. The van der Waals surface area contributed by atoms with Crippen molar-refractivity contribution in [1.82, 2.24) is 0 Å². The van der Waals surface area contributed by atoms with Gasteiger partial charge in [0.1, 0.15) is 0 Å². The van der Waals surface area contributed by atoms with Gasteiger partial charge in [0.25, 0.3) is 0 Å². The van der Waals surface area contributed by atoms with Gasteiger partial charge in [-0.15, -0.1) is 0 Å². The third-order valence-electron chi connectivity index (χ3n) is 22.1. The van der Waals surface area contributed by atoms with Crippen LogP contribution in [0.4, 0.5) is 45.5 Å². The first-order chi connectivity index (χ1) is 38.6. The summed E-state index contributed by atoms with van der Waals surface area (Å²) in [5.74, 6) is 0. The maximum atomic E-state index is 2.78. The fraction of sp³-hybridized carbons (Fsp3) is 0.385. The predicted octanol–water partition coefficient (Wildman–Crippen LogP) is 20.1. The van der Waals surface area contributed by atoms with Gasteiger partial charge in [0.05, 0.1) is 5.69 Å². The van der Waals surface area contributed by atoms with E-state index in [-0.39, 0.29) is 44.8 Å². The average molecular weight is 1080 g/mol. The highest BCUT2D eigenvalue weighted by molar-refractivity contribution is 6.93. The van der Waals surface area contributed by atoms with Crippen LogP contribution in [0.3, 0.4) is 0 Å². The summed E-state index contributed by atoms with van der Waals surface area (Å²) >= 11 is 0. The van der Waals surface area contributed by atoms with Gasteiger partial charge in [-0.1, -0.05) is 169 Å². The lowest BCUT2D eigenvalue weighted by Crippen LogP contribution is -2.62. The second-order valence-electron chi connectivity index (χ2n) is 30.8. The number of rotatable bonds is 5. The Labute approximate surface area is 492 Å². The molecule has 8 aromatic carbocycles. The minimum absolute atomic E-state index is 0.0336. The molecule has 416 valence electrons. The fourth-order valence-electron chi connectivity index (χ4n) is 16.9. The van der Waals surface area contributed by atoms with E-state index < -0.39 is 0 Å². The van der Waals surface area contributed by atoms with Gasteiger partial charge in [-0.3, -0.25) is 0 Å². The number of fused-ring (bicyclic) bond motifs is 9. The summed E-state index contributed by atoms with van der Waals surface area (Å²) in [6.07, 6.45) is 7.04. The molecule has 4 heteroatoms. The highest BCUT2D eigenvalue weighted by Crippen LogP contribution is 2.58. The topological polar surface area (TPSA) is 9.72 Å². The first kappa shape index (κ1) is 53.2. The molecule has 0 saturated heterocycles. The van der Waals surface area contributed by atoms with Crippen molar-refractivity contribution in [3.63, 3.8) is 0 Å². The molecule has 82 heavy (non-hydrogen) atoms. The zero-order valence-electron chi connectivity index (χ0n) is 52.4. The van der Waals surface area contributed by atoms with Gasteiger partial charge in [-0.05, 0) is 248 Å². The maximum Gasteiger partial charge on any atom is 0.333 e. The fourth-order valence-corrected chi connectivity index (χ4v) is 16.9. The first-order valence-corrected chi connectivity index (χ1v) is 31.1. The smallest absolute Gasteiger partial charge is 0.333 e. The van der Waals surface area contributed by atoms with Crippen molar-refractivity contribution in [3.05, 3.63) is 201 Å². The molecule has 3 aliphatic heterocycles. The van der Waals surface area contributed by atoms with Gasteiger partial charge in [0, 0.05) is 50.8 Å². The van der Waals surface area contributed by atoms with Gasteiger partial charge in [0.15, 0.2) is 0 Å². The van der Waals surface area contributed by atoms with Crippen molar-refractivity contribution in [2.24, 2.45) is 0 Å². The summed E-state index contributed by atoms with van der Waals surface area (Å²) in [5, 5.41) is 0. The standard InChI is InChI=1S/C78H86BN3/c1-47-39-48(2)69(49(3)40-47)50-41-56-55-43-51(80(52-25-29-57-62(44-52)75(10,11)36-33-72(57,4)5)53-26-30-58-63(45-53)76(12,13)37-34-73(58,6)7)28-32-66(55)82(54-27-31-59-64(46-54)77(14,15)38-35-74(59,8)9)79-65-23-20-22-61-71(65)81(68(42-50)70(56)79)67-24-19-18-21-60(67)78(61,16)17/h18-32,39-46H,33-38H2,1-17H3. The highest BCUT2D eigenvalue weighted by atomic mass is 15.2. The molecule has 6 aliphatic rings. The SMILES string of the molecule is Cc1cc(C)c(-c2cc3c4c(c2)N2c5ccccc5C(C)(C)c5cccc(c52)B4N(c2ccc4c(c2)C(C)(C)CCC4(C)C)c2ccc(N(c4ccc5c(c4)C(C)(C)CCC5(C)C)c4ccc5c(c4)C(C)(C)CCC5(C)C)cc2-3)c(C)c1. The van der Waals surface area contributed by atoms with Crippen molar-refractivity contribution in [3.8, 4) is 22.3 Å². The van der Waals surface area contributed by atoms with Crippen LogP contribution >= 0.6 is 0 Å². The Hall–Kier alpha value is -6.78. The molecule has 0 unspecified atom stereocenters. The monoisotopic (exact) mass is 1080 g/mol. The Balaban J connectivity index is 1.10. The molecule has 14 rings (SSSR count). The van der Waals surface area contributed by atoms with Gasteiger partial charge in [-0.2, -0.15) is 0 Å². The lowest BCUT2D eigenvalue weighted by molar-refractivity contribution is 0.332. The lowest BCUT2D eigenvalue weighted by Gasteiger charge is -2.51. The largest absolute Gasteiger partial charge is 0.376 e. The van der Waals surface area contributed by atoms with E-state index in [1.165, 1.54) is 159 Å². The maximum absolute atomic E-state index is 2.78. The van der Waals surface area contributed by atoms with Crippen molar-refractivity contribution in [1.29, 1.82) is 0 Å². The van der Waals surface area contributed by atoms with Crippen LogP contribution in [0, 0.1) is 20.8 Å². The van der Waals surface area contributed by atoms with Gasteiger partial charge < -0.3 is 14.6 Å². The first-order valence-electron chi connectivity index (χ1n) is 31.1. The molecule has 0 saturated carbocycles. The molecule has 0 atom stereocenters. The van der Waals surface area contributed by atoms with Crippen molar-refractivity contribution in [2.45, 2.75) is 194 Å². The molecule has 8 aromatic rings. The van der Waals surface area contributed by atoms with Crippen molar-refractivity contribution in [2.75, 3.05) is 14.6 Å². The van der Waals surface area contributed by atoms with Crippen LogP contribution in [-0.4, -0.2) is 6.85 Å². The van der Waals surface area contributed by atoms with Gasteiger partial charge in [0.2, 0.25) is 0 Å². The molecule has 0 spiro atoms. The van der Waals surface area contributed by atoms with Gasteiger partial charge in [-0.25, -0.2) is 0 Å². The van der Waals surface area contributed by atoms with Crippen LogP contribution in [0.15, 0.2) is 140 Å². The van der Waals surface area contributed by atoms with Crippen LogP contribution < -0.4 is 25.5 Å². The van der Waals surface area contributed by atoms with Crippen LogP contribution in [-0.2, 0) is 37.9 Å². The third kappa shape index (κ3) is 7.67. The molecular weight excluding hydrogens is 990 g/mol. The Bertz CT molecular complexity index is 3940. The summed E-state index contributed by atoms with van der Waals surface area (Å²) < 4.78 is 0. The zero-order chi connectivity index (χ0) is 57.7. The van der Waals surface area contributed by atoms with Gasteiger partial charge >= 0.3 is 6.85 Å². The molecule has 0 bridgehead atoms. The number of hydrogen-bond donors (Lipinski definition) is 0. The Morgan fingerprint density at radius 3 is 1.45 bits per heavy atom. The average Bonchev–Trinajstić information content (AvgIpc) is 0.914. The number of aryl methyl sites for hydroxylation is 3. The minimum Gasteiger partial charge on any atom is -0.376 e. The Kier molecular flexibility index (Phi) is 11.3. The van der Waals surface area contributed by atoms with E-state index in [1.807, 2.05) is 0 Å². The van der Waals surface area contributed by atoms with Crippen LogP contribution in [0.5, 0.6) is 0 Å². The molecular formula is C78H86BN3. The molecule has 0 fully saturated rings. The highest BCUT2D eigenvalue weighted by Gasteiger charge is 2.51. The second kappa shape index (κ2) is 17.4. The van der Waals surface area contributed by atoms with Crippen molar-refractivity contribution >= 4 is 63.3 Å². The van der Waals surface area contributed by atoms with E-state index >= 15 is 0 Å². The number of hydrogen-bond acceptors (Lipinski definition) is 3. The lowest BCUT2D eigenvalue weighted by atomic mass is 9.42. The summed E-state index contributed by atoms with van der Waals surface area (Å²) in [4.78, 5) is 8.10. The summed E-state index contributed by atoms with van der Waals surface area (Å²) in [7, 11) is 0. The zero-order valence-corrected chi connectivity index (χ0v) is 52.4. The molecule has 3 nitrogen and oxygen atoms in total. The predicted molar refractivity (Wildman–Crippen MR) is 352 cm³/mol. The number of benzene rings is 8. The molecule has 0 aromatic heterocycles. The van der Waals surface area contributed by atoms with Crippen molar-refractivity contribution < 1.29 is 0 Å². The molecule has 3 heterocycles. The number of para-hydroxylation sites is 2. The van der Waals surface area contributed by atoms with E-state index in [0.717, 1.165) is 19.3 Å². The normalized spacial score (nSPS) is 19.8. The minimum atomic E-state index is -0.221. The van der Waals surface area contributed by atoms with Crippen LogP contribution in [0.25, 0.3) is 22.3 Å². The van der Waals surface area contributed by atoms with E-state index in [2.05, 4.69) is 272 Å². The van der Waals surface area contributed by atoms with E-state index in [1.54, 1.807) is 0 Å². The van der Waals surface area contributed by atoms with E-state index in [0.29, 0.717) is 0 Å². The second-order valence-corrected chi connectivity index (χ2v) is 30.8. The molecule has 0 radical (unpaired) electrons. The number of nitrogens with zero attached hydrogens (tertiary/aromatic N) is 3. The molecule has 3 aliphatic carbocycles. The Morgan fingerprint density at radius 2 is 0.878 bits per heavy atom. The summed E-state index contributed by atoms with van der Waals surface area (Å²) in [5.41, 5.74) is 33.7.